The lowest BCUT2D eigenvalue weighted by Gasteiger charge is -2.35. The third-order valence-corrected chi connectivity index (χ3v) is 6.72. The number of hydrogen-bond acceptors (Lipinski definition) is 7. The number of nitrogens with two attached hydrogens (primary N) is 1. The predicted octanol–water partition coefficient (Wildman–Crippen LogP) is 3.63. The summed E-state index contributed by atoms with van der Waals surface area (Å²) in [4.78, 5) is 39.1. The van der Waals surface area contributed by atoms with Crippen LogP contribution in [0.1, 0.15) is 42.1 Å². The number of piperidine rings is 1. The first-order chi connectivity index (χ1) is 18.7. The maximum Gasteiger partial charge on any atom is 0.413 e. The molecule has 39 heavy (non-hydrogen) atoms. The third kappa shape index (κ3) is 8.15. The van der Waals surface area contributed by atoms with E-state index in [9.17, 15) is 14.4 Å². The predicted molar refractivity (Wildman–Crippen MR) is 149 cm³/mol. The molecular formula is C29H37N5O5. The van der Waals surface area contributed by atoms with Gasteiger partial charge in [0.25, 0.3) is 5.91 Å². The topological polar surface area (TPSA) is 147 Å². The van der Waals surface area contributed by atoms with Crippen molar-refractivity contribution >= 4 is 23.9 Å². The number of ether oxygens (including phenoxy) is 2. The fourth-order valence-electron chi connectivity index (χ4n) is 4.66. The lowest BCUT2D eigenvalue weighted by atomic mass is 9.86. The van der Waals surface area contributed by atoms with Crippen molar-refractivity contribution in [2.75, 3.05) is 26.8 Å². The lowest BCUT2D eigenvalue weighted by molar-refractivity contribution is -0.144. The van der Waals surface area contributed by atoms with Crippen LogP contribution in [0, 0.1) is 17.2 Å². The molecular weight excluding hydrogens is 498 g/mol. The van der Waals surface area contributed by atoms with Crippen LogP contribution in [-0.4, -0.2) is 55.6 Å². The highest BCUT2D eigenvalue weighted by molar-refractivity contribution is 5.96. The van der Waals surface area contributed by atoms with E-state index in [0.29, 0.717) is 31.6 Å². The smallest absolute Gasteiger partial charge is 0.413 e. The van der Waals surface area contributed by atoms with Gasteiger partial charge >= 0.3 is 12.1 Å². The van der Waals surface area contributed by atoms with Crippen LogP contribution in [0.25, 0.3) is 11.1 Å². The molecule has 10 heteroatoms. The molecule has 0 radical (unpaired) electrons. The highest BCUT2D eigenvalue weighted by Crippen LogP contribution is 2.27. The van der Waals surface area contributed by atoms with Crippen LogP contribution in [-0.2, 0) is 20.8 Å². The Balaban J connectivity index is 1.63. The number of methoxy groups -OCH3 is 1. The maximum atomic E-state index is 13.0. The summed E-state index contributed by atoms with van der Waals surface area (Å²) in [6.07, 6.45) is 1.31. The number of nitrogens with one attached hydrogen (secondary N) is 3. The summed E-state index contributed by atoms with van der Waals surface area (Å²) in [7, 11) is 1.30. The van der Waals surface area contributed by atoms with Crippen LogP contribution < -0.4 is 16.4 Å². The number of hydrogen-bond donors (Lipinski definition) is 4. The van der Waals surface area contributed by atoms with Crippen LogP contribution in [0.3, 0.4) is 0 Å². The number of carbonyl (C=O) groups is 3. The molecule has 0 bridgehead atoms. The van der Waals surface area contributed by atoms with Gasteiger partial charge in [-0.3, -0.25) is 20.3 Å². The second-order valence-corrected chi connectivity index (χ2v) is 9.42. The zero-order valence-corrected chi connectivity index (χ0v) is 22.5. The molecule has 3 rings (SSSR count). The van der Waals surface area contributed by atoms with Crippen molar-refractivity contribution < 1.29 is 23.9 Å². The average Bonchev–Trinajstić information content (AvgIpc) is 2.95. The lowest BCUT2D eigenvalue weighted by Crippen LogP contribution is -2.48. The van der Waals surface area contributed by atoms with E-state index in [1.54, 1.807) is 24.0 Å². The minimum absolute atomic E-state index is 0.0180. The number of amides is 2. The number of carbonyl (C=O) groups excluding carboxylic acids is 3. The first-order valence-corrected chi connectivity index (χ1v) is 13.0. The van der Waals surface area contributed by atoms with Crippen molar-refractivity contribution in [2.24, 2.45) is 17.6 Å². The molecule has 5 N–H and O–H groups in total. The number of esters is 1. The Morgan fingerprint density at radius 1 is 1.15 bits per heavy atom. The molecule has 1 aliphatic heterocycles. The Hall–Kier alpha value is -4.18. The van der Waals surface area contributed by atoms with E-state index in [4.69, 9.17) is 20.6 Å². The molecule has 2 atom stereocenters. The molecule has 0 aliphatic carbocycles. The van der Waals surface area contributed by atoms with Gasteiger partial charge in [0.1, 0.15) is 0 Å². The zero-order chi connectivity index (χ0) is 28.4. The van der Waals surface area contributed by atoms with Gasteiger partial charge in [-0.1, -0.05) is 36.9 Å². The SMILES string of the molecule is C=C(NC(=O)c1ccc(-c2cccc(CN)c2)cc1)C(CC1CCCN(C(=N)NC(=O)OCC)C1)C(=O)OC. The number of guanidine groups is 1. The largest absolute Gasteiger partial charge is 0.469 e. The summed E-state index contributed by atoms with van der Waals surface area (Å²) in [5, 5.41) is 13.4. The Kier molecular flexibility index (Phi) is 10.6. The molecule has 10 nitrogen and oxygen atoms in total. The van der Waals surface area contributed by atoms with Gasteiger partial charge in [-0.25, -0.2) is 4.79 Å². The van der Waals surface area contributed by atoms with Crippen molar-refractivity contribution in [3.05, 3.63) is 71.9 Å². The van der Waals surface area contributed by atoms with Crippen LogP contribution >= 0.6 is 0 Å². The molecule has 1 saturated heterocycles. The van der Waals surface area contributed by atoms with Crippen LogP contribution in [0.15, 0.2) is 60.8 Å². The summed E-state index contributed by atoms with van der Waals surface area (Å²) in [5.74, 6) is -1.65. The highest BCUT2D eigenvalue weighted by Gasteiger charge is 2.31. The Bertz CT molecular complexity index is 1200. The van der Waals surface area contributed by atoms with Crippen molar-refractivity contribution in [3.63, 3.8) is 0 Å². The van der Waals surface area contributed by atoms with Gasteiger partial charge in [-0.2, -0.15) is 0 Å². The monoisotopic (exact) mass is 535 g/mol. The van der Waals surface area contributed by atoms with Gasteiger partial charge in [0.05, 0.1) is 19.6 Å². The molecule has 1 heterocycles. The van der Waals surface area contributed by atoms with Gasteiger partial charge in [-0.15, -0.1) is 0 Å². The second kappa shape index (κ2) is 14.1. The highest BCUT2D eigenvalue weighted by atomic mass is 16.5. The number of rotatable bonds is 9. The molecule has 0 aromatic heterocycles. The van der Waals surface area contributed by atoms with E-state index in [2.05, 4.69) is 17.2 Å². The molecule has 2 unspecified atom stereocenters. The van der Waals surface area contributed by atoms with Gasteiger partial charge in [0, 0.05) is 30.9 Å². The van der Waals surface area contributed by atoms with E-state index in [1.165, 1.54) is 7.11 Å². The summed E-state index contributed by atoms with van der Waals surface area (Å²) in [5.41, 5.74) is 9.41. The van der Waals surface area contributed by atoms with Crippen molar-refractivity contribution in [1.29, 1.82) is 5.41 Å². The Morgan fingerprint density at radius 3 is 2.56 bits per heavy atom. The van der Waals surface area contributed by atoms with E-state index < -0.39 is 18.0 Å². The van der Waals surface area contributed by atoms with Crippen LogP contribution in [0.2, 0.25) is 0 Å². The third-order valence-electron chi connectivity index (χ3n) is 6.72. The minimum Gasteiger partial charge on any atom is -0.469 e. The molecule has 1 fully saturated rings. The van der Waals surface area contributed by atoms with E-state index in [0.717, 1.165) is 29.5 Å². The number of nitrogens with zero attached hydrogens (tertiary/aromatic N) is 1. The van der Waals surface area contributed by atoms with Gasteiger partial charge in [0.15, 0.2) is 0 Å². The van der Waals surface area contributed by atoms with Crippen molar-refractivity contribution in [1.82, 2.24) is 15.5 Å². The Morgan fingerprint density at radius 2 is 1.90 bits per heavy atom. The fraction of sp³-hybridized carbons (Fsp3) is 0.379. The first kappa shape index (κ1) is 29.4. The van der Waals surface area contributed by atoms with Crippen LogP contribution in [0.4, 0.5) is 4.79 Å². The average molecular weight is 536 g/mol. The molecule has 0 saturated carbocycles. The standard InChI is InChI=1S/C29H37N5O5/c1-4-39-29(37)33-28(31)34-14-6-8-21(18-34)16-25(27(36)38-3)19(2)32-26(35)23-12-10-22(11-13-23)24-9-5-7-20(15-24)17-30/h5,7,9-13,15,21,25H,2,4,6,8,14,16-18,30H2,1,3H3,(H,32,35)(H2,31,33,37). The fourth-order valence-corrected chi connectivity index (χ4v) is 4.66. The number of alkyl carbamates (subject to hydrolysis) is 1. The molecule has 2 aromatic rings. The van der Waals surface area contributed by atoms with Crippen molar-refractivity contribution in [3.8, 4) is 11.1 Å². The number of benzene rings is 2. The molecule has 2 aromatic carbocycles. The van der Waals surface area contributed by atoms with Gasteiger partial charge in [-0.05, 0) is 67.0 Å². The van der Waals surface area contributed by atoms with Gasteiger partial charge in [0.2, 0.25) is 5.96 Å². The molecule has 0 spiro atoms. The molecule has 2 amide bonds. The summed E-state index contributed by atoms with van der Waals surface area (Å²) in [6.45, 7) is 7.40. The first-order valence-electron chi connectivity index (χ1n) is 13.0. The van der Waals surface area contributed by atoms with E-state index in [-0.39, 0.29) is 30.1 Å². The van der Waals surface area contributed by atoms with E-state index in [1.807, 2.05) is 36.4 Å². The summed E-state index contributed by atoms with van der Waals surface area (Å²) >= 11 is 0. The minimum atomic E-state index is -0.755. The molecule has 1 aliphatic rings. The maximum absolute atomic E-state index is 13.0. The van der Waals surface area contributed by atoms with E-state index >= 15 is 0 Å². The number of likely N-dealkylation sites (tertiary alicyclic amines) is 1. The Labute approximate surface area is 229 Å². The summed E-state index contributed by atoms with van der Waals surface area (Å²) in [6, 6.07) is 15.1. The van der Waals surface area contributed by atoms with Gasteiger partial charge < -0.3 is 25.4 Å². The zero-order valence-electron chi connectivity index (χ0n) is 22.5. The second-order valence-electron chi connectivity index (χ2n) is 9.42. The normalized spacial score (nSPS) is 15.6. The quantitative estimate of drug-likeness (QED) is 0.218. The van der Waals surface area contributed by atoms with Crippen LogP contribution in [0.5, 0.6) is 0 Å². The molecule has 208 valence electrons. The van der Waals surface area contributed by atoms with Crippen molar-refractivity contribution in [2.45, 2.75) is 32.7 Å². The summed E-state index contributed by atoms with van der Waals surface area (Å²) < 4.78 is 9.86.